The summed E-state index contributed by atoms with van der Waals surface area (Å²) < 4.78 is 0. The topological polar surface area (TPSA) is 0 Å². The highest BCUT2D eigenvalue weighted by molar-refractivity contribution is 5.52. The minimum atomic E-state index is 0.282. The Morgan fingerprint density at radius 1 is 0.842 bits per heavy atom. The first-order chi connectivity index (χ1) is 8.95. The van der Waals surface area contributed by atoms with Crippen LogP contribution in [0.2, 0.25) is 0 Å². The van der Waals surface area contributed by atoms with Crippen molar-refractivity contribution in [3.8, 4) is 12.3 Å². The lowest BCUT2D eigenvalue weighted by Gasteiger charge is -2.22. The normalized spacial score (nSPS) is 12.3. The largest absolute Gasteiger partial charge is 0.119 e. The maximum Gasteiger partial charge on any atom is 0.0455 e. The van der Waals surface area contributed by atoms with Gasteiger partial charge in [-0.25, -0.2) is 0 Å². The lowest BCUT2D eigenvalue weighted by atomic mass is 9.82. The molecule has 0 saturated carbocycles. The van der Waals surface area contributed by atoms with E-state index in [0.717, 1.165) is 6.42 Å². The molecule has 0 aromatic heterocycles. The van der Waals surface area contributed by atoms with Gasteiger partial charge in [-0.15, -0.1) is 6.42 Å². The highest BCUT2D eigenvalue weighted by Crippen LogP contribution is 2.33. The molecule has 0 N–H and O–H groups in total. The van der Waals surface area contributed by atoms with Crippen LogP contribution in [-0.4, -0.2) is 0 Å². The molecule has 0 aliphatic carbocycles. The molecule has 1 rings (SSSR count). The first-order valence-corrected chi connectivity index (χ1v) is 7.48. The van der Waals surface area contributed by atoms with Gasteiger partial charge in [-0.1, -0.05) is 32.1 Å². The third kappa shape index (κ3) is 3.21. The van der Waals surface area contributed by atoms with Crippen molar-refractivity contribution >= 4 is 0 Å². The first-order valence-electron chi connectivity index (χ1n) is 7.48. The summed E-state index contributed by atoms with van der Waals surface area (Å²) in [6, 6.07) is 0. The van der Waals surface area contributed by atoms with Crippen LogP contribution in [0.1, 0.15) is 71.9 Å². The van der Waals surface area contributed by atoms with Crippen molar-refractivity contribution in [1.29, 1.82) is 0 Å². The number of rotatable bonds is 5. The molecule has 0 heterocycles. The molecule has 0 saturated heterocycles. The fraction of sp³-hybridized carbons (Fsp3) is 0.579. The number of terminal acetylenes is 1. The molecule has 0 heteroatoms. The zero-order valence-electron chi connectivity index (χ0n) is 13.5. The Labute approximate surface area is 119 Å². The van der Waals surface area contributed by atoms with Crippen molar-refractivity contribution in [2.24, 2.45) is 0 Å². The smallest absolute Gasteiger partial charge is 0.0455 e. The van der Waals surface area contributed by atoms with Crippen molar-refractivity contribution in [2.75, 3.05) is 0 Å². The van der Waals surface area contributed by atoms with Crippen LogP contribution >= 0.6 is 0 Å². The van der Waals surface area contributed by atoms with Gasteiger partial charge in [0.25, 0.3) is 0 Å². The standard InChI is InChI=1S/C19H28/c1-8-10-11-12-18(9-2)19-16(6)14(4)13(3)15(5)17(19)7/h2,18H,8,10-12H2,1,3-7H3. The molecule has 1 aromatic rings. The summed E-state index contributed by atoms with van der Waals surface area (Å²) >= 11 is 0. The second kappa shape index (κ2) is 6.80. The summed E-state index contributed by atoms with van der Waals surface area (Å²) in [5, 5.41) is 0. The number of hydrogen-bond acceptors (Lipinski definition) is 0. The Balaban J connectivity index is 3.21. The summed E-state index contributed by atoms with van der Waals surface area (Å²) in [6.07, 6.45) is 10.7. The molecule has 0 aliphatic rings. The van der Waals surface area contributed by atoms with Gasteiger partial charge in [0.05, 0.1) is 0 Å². The summed E-state index contributed by atoms with van der Waals surface area (Å²) in [5.74, 6) is 3.31. The second-order valence-electron chi connectivity index (χ2n) is 5.75. The zero-order chi connectivity index (χ0) is 14.6. The quantitative estimate of drug-likeness (QED) is 0.480. The third-order valence-corrected chi connectivity index (χ3v) is 4.70. The molecule has 0 nitrogen and oxygen atoms in total. The van der Waals surface area contributed by atoms with Crippen LogP contribution < -0.4 is 0 Å². The van der Waals surface area contributed by atoms with E-state index in [4.69, 9.17) is 6.42 Å². The Kier molecular flexibility index (Phi) is 5.67. The summed E-state index contributed by atoms with van der Waals surface area (Å²) in [5.41, 5.74) is 8.46. The molecule has 0 aliphatic heterocycles. The van der Waals surface area contributed by atoms with Crippen LogP contribution in [0.4, 0.5) is 0 Å². The number of hydrogen-bond donors (Lipinski definition) is 0. The minimum Gasteiger partial charge on any atom is -0.119 e. The van der Waals surface area contributed by atoms with Gasteiger partial charge in [-0.2, -0.15) is 0 Å². The Morgan fingerprint density at radius 3 is 1.74 bits per heavy atom. The van der Waals surface area contributed by atoms with Crippen molar-refractivity contribution in [3.05, 3.63) is 33.4 Å². The van der Waals surface area contributed by atoms with Crippen LogP contribution in [0, 0.1) is 47.0 Å². The van der Waals surface area contributed by atoms with Gasteiger partial charge in [0.15, 0.2) is 0 Å². The van der Waals surface area contributed by atoms with Gasteiger partial charge in [0.1, 0.15) is 0 Å². The molecule has 0 fully saturated rings. The van der Waals surface area contributed by atoms with Crippen molar-refractivity contribution < 1.29 is 0 Å². The van der Waals surface area contributed by atoms with Gasteiger partial charge in [0, 0.05) is 5.92 Å². The number of unbranched alkanes of at least 4 members (excludes halogenated alkanes) is 2. The molecular weight excluding hydrogens is 228 g/mol. The summed E-state index contributed by atoms with van der Waals surface area (Å²) in [4.78, 5) is 0. The molecule has 0 amide bonds. The van der Waals surface area contributed by atoms with Gasteiger partial charge >= 0.3 is 0 Å². The molecule has 104 valence electrons. The van der Waals surface area contributed by atoms with Crippen LogP contribution in [0.5, 0.6) is 0 Å². The highest BCUT2D eigenvalue weighted by atomic mass is 14.2. The molecule has 0 spiro atoms. The lowest BCUT2D eigenvalue weighted by molar-refractivity contribution is 0.633. The van der Waals surface area contributed by atoms with E-state index in [0.29, 0.717) is 0 Å². The maximum absolute atomic E-state index is 5.81. The Bertz CT molecular complexity index is 457. The van der Waals surface area contributed by atoms with E-state index < -0.39 is 0 Å². The maximum atomic E-state index is 5.81. The molecule has 1 unspecified atom stereocenters. The Morgan fingerprint density at radius 2 is 1.32 bits per heavy atom. The molecule has 1 aromatic carbocycles. The van der Waals surface area contributed by atoms with Crippen LogP contribution in [-0.2, 0) is 0 Å². The Hall–Kier alpha value is -1.22. The van der Waals surface area contributed by atoms with Crippen molar-refractivity contribution in [2.45, 2.75) is 73.1 Å². The first kappa shape index (κ1) is 15.8. The summed E-state index contributed by atoms with van der Waals surface area (Å²) in [6.45, 7) is 13.4. The predicted octanol–water partition coefficient (Wildman–Crippen LogP) is 5.53. The van der Waals surface area contributed by atoms with Crippen LogP contribution in [0.25, 0.3) is 0 Å². The molecule has 1 atom stereocenters. The molecule has 0 bridgehead atoms. The van der Waals surface area contributed by atoms with Crippen LogP contribution in [0.3, 0.4) is 0 Å². The molecule has 0 radical (unpaired) electrons. The van der Waals surface area contributed by atoms with Crippen LogP contribution in [0.15, 0.2) is 0 Å². The third-order valence-electron chi connectivity index (χ3n) is 4.70. The average Bonchev–Trinajstić information content (AvgIpc) is 2.41. The zero-order valence-corrected chi connectivity index (χ0v) is 13.5. The van der Waals surface area contributed by atoms with E-state index in [2.05, 4.69) is 47.5 Å². The van der Waals surface area contributed by atoms with Crippen molar-refractivity contribution in [1.82, 2.24) is 0 Å². The van der Waals surface area contributed by atoms with E-state index in [1.165, 1.54) is 52.6 Å². The van der Waals surface area contributed by atoms with Gasteiger partial charge < -0.3 is 0 Å². The number of benzene rings is 1. The minimum absolute atomic E-state index is 0.282. The van der Waals surface area contributed by atoms with E-state index in [-0.39, 0.29) is 5.92 Å². The predicted molar refractivity (Wildman–Crippen MR) is 85.8 cm³/mol. The molecule has 19 heavy (non-hydrogen) atoms. The van der Waals surface area contributed by atoms with Gasteiger partial charge in [-0.3, -0.25) is 0 Å². The lowest BCUT2D eigenvalue weighted by Crippen LogP contribution is -2.07. The van der Waals surface area contributed by atoms with E-state index >= 15 is 0 Å². The monoisotopic (exact) mass is 256 g/mol. The fourth-order valence-electron chi connectivity index (χ4n) is 2.96. The molecular formula is C19H28. The SMILES string of the molecule is C#CC(CCCCC)c1c(C)c(C)c(C)c(C)c1C. The summed E-state index contributed by atoms with van der Waals surface area (Å²) in [7, 11) is 0. The average molecular weight is 256 g/mol. The fourth-order valence-corrected chi connectivity index (χ4v) is 2.96. The van der Waals surface area contributed by atoms with E-state index in [1.807, 2.05) is 0 Å². The van der Waals surface area contributed by atoms with E-state index in [9.17, 15) is 0 Å². The van der Waals surface area contributed by atoms with Gasteiger partial charge in [-0.05, 0) is 74.4 Å². The second-order valence-corrected chi connectivity index (χ2v) is 5.75. The highest BCUT2D eigenvalue weighted by Gasteiger charge is 2.18. The van der Waals surface area contributed by atoms with E-state index in [1.54, 1.807) is 0 Å². The van der Waals surface area contributed by atoms with Gasteiger partial charge in [0.2, 0.25) is 0 Å². The van der Waals surface area contributed by atoms with Crippen molar-refractivity contribution in [3.63, 3.8) is 0 Å².